The maximum Gasteiger partial charge on any atom is 0.417 e. The fraction of sp³-hybridized carbons (Fsp3) is 0.692. The molecule has 0 aromatic rings. The molecule has 0 saturated heterocycles. The number of ether oxygens (including phenoxy) is 2. The van der Waals surface area contributed by atoms with Crippen molar-refractivity contribution in [1.29, 1.82) is 0 Å². The standard InChI is InChI=1S/C13H22O4/c1-3-5-6-7-8-9-11-17-13(15)12(14)16-10-4-2/h4H,2-3,5-11H2,1H3. The molecular formula is C13H22O4. The van der Waals surface area contributed by atoms with Gasteiger partial charge >= 0.3 is 11.9 Å². The third kappa shape index (κ3) is 9.60. The Bertz CT molecular complexity index is 236. The molecule has 0 amide bonds. The average molecular weight is 242 g/mol. The van der Waals surface area contributed by atoms with Crippen LogP contribution >= 0.6 is 0 Å². The highest BCUT2D eigenvalue weighted by Crippen LogP contribution is 2.04. The fourth-order valence-electron chi connectivity index (χ4n) is 1.30. The maximum absolute atomic E-state index is 11.1. The number of carbonyl (C=O) groups is 2. The van der Waals surface area contributed by atoms with Crippen LogP contribution in [0, 0.1) is 0 Å². The molecule has 0 atom stereocenters. The molecule has 0 bridgehead atoms. The van der Waals surface area contributed by atoms with E-state index in [2.05, 4.69) is 18.2 Å². The van der Waals surface area contributed by atoms with Crippen LogP contribution in [0.5, 0.6) is 0 Å². The summed E-state index contributed by atoms with van der Waals surface area (Å²) in [6.07, 6.45) is 8.04. The van der Waals surface area contributed by atoms with E-state index in [0.29, 0.717) is 0 Å². The lowest BCUT2D eigenvalue weighted by Crippen LogP contribution is -2.20. The second kappa shape index (κ2) is 11.2. The van der Waals surface area contributed by atoms with Crippen molar-refractivity contribution in [3.05, 3.63) is 12.7 Å². The van der Waals surface area contributed by atoms with E-state index in [1.165, 1.54) is 25.3 Å². The quantitative estimate of drug-likeness (QED) is 0.270. The summed E-state index contributed by atoms with van der Waals surface area (Å²) in [4.78, 5) is 22.0. The van der Waals surface area contributed by atoms with Gasteiger partial charge in [0.25, 0.3) is 0 Å². The van der Waals surface area contributed by atoms with Crippen LogP contribution in [-0.2, 0) is 19.1 Å². The van der Waals surface area contributed by atoms with Crippen LogP contribution in [0.2, 0.25) is 0 Å². The monoisotopic (exact) mass is 242 g/mol. The SMILES string of the molecule is C=CCOC(=O)C(=O)OCCCCCCCC. The second-order valence-electron chi connectivity index (χ2n) is 3.79. The predicted octanol–water partition coefficient (Wildman–Crippen LogP) is 2.62. The normalized spacial score (nSPS) is 9.71. The van der Waals surface area contributed by atoms with Gasteiger partial charge in [0.15, 0.2) is 0 Å². The molecule has 0 saturated carbocycles. The smallest absolute Gasteiger partial charge is 0.417 e. The molecule has 0 fully saturated rings. The second-order valence-corrected chi connectivity index (χ2v) is 3.79. The molecule has 0 radical (unpaired) electrons. The number of esters is 2. The van der Waals surface area contributed by atoms with Crippen molar-refractivity contribution in [2.24, 2.45) is 0 Å². The molecule has 0 aliphatic carbocycles. The van der Waals surface area contributed by atoms with Crippen LogP contribution in [0.1, 0.15) is 45.4 Å². The summed E-state index contributed by atoms with van der Waals surface area (Å²) >= 11 is 0. The highest BCUT2D eigenvalue weighted by atomic mass is 16.6. The van der Waals surface area contributed by atoms with Gasteiger partial charge < -0.3 is 9.47 Å². The largest absolute Gasteiger partial charge is 0.457 e. The molecule has 4 heteroatoms. The number of hydrogen-bond acceptors (Lipinski definition) is 4. The van der Waals surface area contributed by atoms with Gasteiger partial charge in [0, 0.05) is 0 Å². The summed E-state index contributed by atoms with van der Waals surface area (Å²) in [6.45, 7) is 5.86. The highest BCUT2D eigenvalue weighted by molar-refractivity contribution is 6.29. The molecule has 0 rings (SSSR count). The van der Waals surface area contributed by atoms with E-state index in [-0.39, 0.29) is 13.2 Å². The number of rotatable bonds is 9. The first-order valence-corrected chi connectivity index (χ1v) is 6.17. The summed E-state index contributed by atoms with van der Waals surface area (Å²) in [5, 5.41) is 0. The van der Waals surface area contributed by atoms with E-state index < -0.39 is 11.9 Å². The Morgan fingerprint density at radius 1 is 1.00 bits per heavy atom. The Balaban J connectivity index is 3.38. The van der Waals surface area contributed by atoms with Gasteiger partial charge in [-0.25, -0.2) is 9.59 Å². The van der Waals surface area contributed by atoms with Crippen LogP contribution in [-0.4, -0.2) is 25.2 Å². The number of unbranched alkanes of at least 4 members (excludes halogenated alkanes) is 5. The fourth-order valence-corrected chi connectivity index (χ4v) is 1.30. The minimum atomic E-state index is -0.948. The zero-order valence-electron chi connectivity index (χ0n) is 10.6. The minimum Gasteiger partial charge on any atom is -0.457 e. The zero-order chi connectivity index (χ0) is 12.9. The number of carbonyl (C=O) groups excluding carboxylic acids is 2. The van der Waals surface area contributed by atoms with E-state index >= 15 is 0 Å². The van der Waals surface area contributed by atoms with Crippen molar-refractivity contribution < 1.29 is 19.1 Å². The minimum absolute atomic E-state index is 0.0327. The van der Waals surface area contributed by atoms with Gasteiger partial charge in [0.05, 0.1) is 6.61 Å². The maximum atomic E-state index is 11.1. The molecular weight excluding hydrogens is 220 g/mol. The van der Waals surface area contributed by atoms with Crippen LogP contribution in [0.15, 0.2) is 12.7 Å². The van der Waals surface area contributed by atoms with Crippen LogP contribution in [0.4, 0.5) is 0 Å². The molecule has 0 spiro atoms. The van der Waals surface area contributed by atoms with Gasteiger partial charge in [-0.1, -0.05) is 51.7 Å². The zero-order valence-corrected chi connectivity index (χ0v) is 10.6. The van der Waals surface area contributed by atoms with Gasteiger partial charge in [-0.15, -0.1) is 0 Å². The molecule has 0 aromatic carbocycles. The predicted molar refractivity (Wildman–Crippen MR) is 65.5 cm³/mol. The summed E-state index contributed by atoms with van der Waals surface area (Å²) in [7, 11) is 0. The Kier molecular flexibility index (Phi) is 10.3. The summed E-state index contributed by atoms with van der Waals surface area (Å²) in [5.41, 5.74) is 0. The topological polar surface area (TPSA) is 52.6 Å². The first-order chi connectivity index (χ1) is 8.22. The average Bonchev–Trinajstić information content (AvgIpc) is 2.34. The molecule has 0 N–H and O–H groups in total. The number of hydrogen-bond donors (Lipinski definition) is 0. The van der Waals surface area contributed by atoms with Gasteiger partial charge in [-0.3, -0.25) is 0 Å². The highest BCUT2D eigenvalue weighted by Gasteiger charge is 2.15. The van der Waals surface area contributed by atoms with Crippen molar-refractivity contribution in [2.75, 3.05) is 13.2 Å². The van der Waals surface area contributed by atoms with E-state index in [9.17, 15) is 9.59 Å². The Morgan fingerprint density at radius 2 is 1.59 bits per heavy atom. The van der Waals surface area contributed by atoms with Crippen LogP contribution in [0.3, 0.4) is 0 Å². The summed E-state index contributed by atoms with van der Waals surface area (Å²) in [5.74, 6) is -1.86. The summed E-state index contributed by atoms with van der Waals surface area (Å²) in [6, 6.07) is 0. The van der Waals surface area contributed by atoms with E-state index in [0.717, 1.165) is 19.3 Å². The van der Waals surface area contributed by atoms with E-state index in [1.807, 2.05) is 0 Å². The van der Waals surface area contributed by atoms with Crippen molar-refractivity contribution >= 4 is 11.9 Å². The van der Waals surface area contributed by atoms with Gasteiger partial charge in [-0.05, 0) is 6.42 Å². The Morgan fingerprint density at radius 3 is 2.24 bits per heavy atom. The van der Waals surface area contributed by atoms with Crippen molar-refractivity contribution in [3.8, 4) is 0 Å². The van der Waals surface area contributed by atoms with Crippen LogP contribution < -0.4 is 0 Å². The molecule has 0 unspecified atom stereocenters. The molecule has 0 aliphatic heterocycles. The first kappa shape index (κ1) is 15.7. The van der Waals surface area contributed by atoms with E-state index in [4.69, 9.17) is 4.74 Å². The third-order valence-electron chi connectivity index (χ3n) is 2.23. The lowest BCUT2D eigenvalue weighted by atomic mass is 10.1. The lowest BCUT2D eigenvalue weighted by molar-refractivity contribution is -0.167. The molecule has 0 aromatic heterocycles. The van der Waals surface area contributed by atoms with E-state index in [1.54, 1.807) is 0 Å². The van der Waals surface area contributed by atoms with Crippen molar-refractivity contribution in [2.45, 2.75) is 45.4 Å². The molecule has 98 valence electrons. The van der Waals surface area contributed by atoms with Gasteiger partial charge in [-0.2, -0.15) is 0 Å². The molecule has 0 heterocycles. The lowest BCUT2D eigenvalue weighted by Gasteiger charge is -2.04. The Hall–Kier alpha value is -1.32. The van der Waals surface area contributed by atoms with Gasteiger partial charge in [0.2, 0.25) is 0 Å². The molecule has 4 nitrogen and oxygen atoms in total. The molecule has 0 aliphatic rings. The first-order valence-electron chi connectivity index (χ1n) is 6.17. The third-order valence-corrected chi connectivity index (χ3v) is 2.23. The van der Waals surface area contributed by atoms with Crippen molar-refractivity contribution in [3.63, 3.8) is 0 Å². The van der Waals surface area contributed by atoms with Crippen molar-refractivity contribution in [1.82, 2.24) is 0 Å². The molecule has 17 heavy (non-hydrogen) atoms. The van der Waals surface area contributed by atoms with Gasteiger partial charge in [0.1, 0.15) is 6.61 Å². The summed E-state index contributed by atoms with van der Waals surface area (Å²) < 4.78 is 9.29. The van der Waals surface area contributed by atoms with Crippen LogP contribution in [0.25, 0.3) is 0 Å². The Labute approximate surface area is 103 Å².